The van der Waals surface area contributed by atoms with Gasteiger partial charge >= 0.3 is 0 Å². The summed E-state index contributed by atoms with van der Waals surface area (Å²) < 4.78 is 1.88. The monoisotopic (exact) mass is 209 g/mol. The lowest BCUT2D eigenvalue weighted by Crippen LogP contribution is -2.08. The molecule has 0 bridgehead atoms. The fourth-order valence-electron chi connectivity index (χ4n) is 1.37. The summed E-state index contributed by atoms with van der Waals surface area (Å²) >= 11 is 1.69. The molecule has 0 aliphatic heterocycles. The summed E-state index contributed by atoms with van der Waals surface area (Å²) in [6, 6.07) is 4.27. The van der Waals surface area contributed by atoms with Crippen molar-refractivity contribution in [1.29, 1.82) is 0 Å². The van der Waals surface area contributed by atoms with Crippen LogP contribution in [-0.4, -0.2) is 19.9 Å². The highest BCUT2D eigenvalue weighted by Gasteiger charge is 2.12. The number of rotatable bonds is 3. The largest absolute Gasteiger partial charge is 0.388 e. The second-order valence-electron chi connectivity index (χ2n) is 3.00. The van der Waals surface area contributed by atoms with Gasteiger partial charge in [-0.2, -0.15) is 0 Å². The summed E-state index contributed by atoms with van der Waals surface area (Å²) in [5.41, 5.74) is 0. The minimum absolute atomic E-state index is 0.0737. The normalized spacial score (nSPS) is 13.0. The molecule has 0 aromatic carbocycles. The molecule has 0 saturated heterocycles. The van der Waals surface area contributed by atoms with Gasteiger partial charge in [-0.1, -0.05) is 6.07 Å². The maximum atomic E-state index is 9.03. The van der Waals surface area contributed by atoms with Crippen LogP contribution >= 0.6 is 11.3 Å². The van der Waals surface area contributed by atoms with Gasteiger partial charge in [-0.15, -0.1) is 21.5 Å². The van der Waals surface area contributed by atoms with Crippen molar-refractivity contribution < 1.29 is 5.11 Å². The molecular weight excluding hydrogens is 198 g/mol. The Labute approximate surface area is 85.8 Å². The zero-order valence-corrected chi connectivity index (χ0v) is 8.61. The van der Waals surface area contributed by atoms with Gasteiger partial charge in [-0.25, -0.2) is 0 Å². The molecule has 0 amide bonds. The lowest BCUT2D eigenvalue weighted by Gasteiger charge is -2.12. The maximum absolute atomic E-state index is 9.03. The molecule has 1 atom stereocenters. The summed E-state index contributed by atoms with van der Waals surface area (Å²) in [7, 11) is 0. The molecule has 2 aromatic heterocycles. The van der Waals surface area contributed by atoms with Crippen molar-refractivity contribution in [3.05, 3.63) is 34.5 Å². The van der Waals surface area contributed by atoms with Crippen molar-refractivity contribution in [1.82, 2.24) is 14.8 Å². The van der Waals surface area contributed by atoms with Gasteiger partial charge in [0, 0.05) is 4.88 Å². The summed E-state index contributed by atoms with van der Waals surface area (Å²) in [6.07, 6.45) is 1.65. The van der Waals surface area contributed by atoms with E-state index in [0.717, 1.165) is 0 Å². The van der Waals surface area contributed by atoms with Crippen LogP contribution in [0, 0.1) is 0 Å². The molecule has 5 heteroatoms. The van der Waals surface area contributed by atoms with Crippen molar-refractivity contribution in [3.63, 3.8) is 0 Å². The van der Waals surface area contributed by atoms with Gasteiger partial charge in [0.1, 0.15) is 12.9 Å². The van der Waals surface area contributed by atoms with Gasteiger partial charge in [-0.3, -0.25) is 0 Å². The van der Waals surface area contributed by atoms with E-state index in [4.69, 9.17) is 5.11 Å². The van der Waals surface area contributed by atoms with Crippen molar-refractivity contribution >= 4 is 11.3 Å². The number of hydrogen-bond donors (Lipinski definition) is 1. The van der Waals surface area contributed by atoms with E-state index in [1.165, 1.54) is 4.88 Å². The summed E-state index contributed by atoms with van der Waals surface area (Å²) in [6.45, 7) is 1.99. The SMILES string of the molecule is CC(c1cccs1)n1cnnc1CO. The first kappa shape index (κ1) is 9.36. The zero-order valence-electron chi connectivity index (χ0n) is 7.79. The molecule has 74 valence electrons. The third-order valence-corrected chi connectivity index (χ3v) is 3.20. The van der Waals surface area contributed by atoms with E-state index in [0.29, 0.717) is 5.82 Å². The molecule has 2 aromatic rings. The first-order valence-electron chi connectivity index (χ1n) is 4.35. The number of aliphatic hydroxyl groups excluding tert-OH is 1. The average Bonchev–Trinajstić information content (AvgIpc) is 2.87. The Bertz CT molecular complexity index is 396. The van der Waals surface area contributed by atoms with Crippen LogP contribution in [-0.2, 0) is 6.61 Å². The van der Waals surface area contributed by atoms with Gasteiger partial charge in [-0.05, 0) is 18.4 Å². The van der Waals surface area contributed by atoms with Crippen LogP contribution in [0.4, 0.5) is 0 Å². The molecule has 2 rings (SSSR count). The van der Waals surface area contributed by atoms with Crippen LogP contribution in [0.3, 0.4) is 0 Å². The molecular formula is C9H11N3OS. The van der Waals surface area contributed by atoms with Crippen LogP contribution in [0.15, 0.2) is 23.8 Å². The predicted octanol–water partition coefficient (Wildman–Crippen LogP) is 1.44. The molecule has 0 radical (unpaired) electrons. The van der Waals surface area contributed by atoms with E-state index >= 15 is 0 Å². The van der Waals surface area contributed by atoms with Gasteiger partial charge in [0.2, 0.25) is 0 Å². The summed E-state index contributed by atoms with van der Waals surface area (Å²) in [4.78, 5) is 1.24. The Kier molecular flexibility index (Phi) is 2.60. The van der Waals surface area contributed by atoms with Gasteiger partial charge in [0.15, 0.2) is 5.82 Å². The highest BCUT2D eigenvalue weighted by molar-refractivity contribution is 7.10. The number of thiophene rings is 1. The third kappa shape index (κ3) is 1.56. The molecule has 0 fully saturated rings. The fourth-order valence-corrected chi connectivity index (χ4v) is 2.15. The van der Waals surface area contributed by atoms with E-state index in [1.807, 2.05) is 16.0 Å². The maximum Gasteiger partial charge on any atom is 0.159 e. The summed E-state index contributed by atoms with van der Waals surface area (Å²) in [5, 5.41) is 18.7. The average molecular weight is 209 g/mol. The minimum atomic E-state index is -0.0737. The van der Waals surface area contributed by atoms with E-state index in [-0.39, 0.29) is 12.6 Å². The predicted molar refractivity (Wildman–Crippen MR) is 54.1 cm³/mol. The Morgan fingerprint density at radius 1 is 1.64 bits per heavy atom. The van der Waals surface area contributed by atoms with E-state index in [9.17, 15) is 0 Å². The Hall–Kier alpha value is -1.20. The Morgan fingerprint density at radius 3 is 3.14 bits per heavy atom. The first-order valence-corrected chi connectivity index (χ1v) is 5.23. The van der Waals surface area contributed by atoms with Crippen molar-refractivity contribution in [2.75, 3.05) is 0 Å². The van der Waals surface area contributed by atoms with E-state index in [1.54, 1.807) is 17.7 Å². The Morgan fingerprint density at radius 2 is 2.50 bits per heavy atom. The van der Waals surface area contributed by atoms with Gasteiger partial charge in [0.05, 0.1) is 6.04 Å². The molecule has 0 aliphatic carbocycles. The highest BCUT2D eigenvalue weighted by Crippen LogP contribution is 2.22. The smallest absolute Gasteiger partial charge is 0.159 e. The van der Waals surface area contributed by atoms with Crippen molar-refractivity contribution in [2.24, 2.45) is 0 Å². The molecule has 2 heterocycles. The lowest BCUT2D eigenvalue weighted by molar-refractivity contribution is 0.263. The molecule has 4 nitrogen and oxygen atoms in total. The zero-order chi connectivity index (χ0) is 9.97. The number of hydrogen-bond acceptors (Lipinski definition) is 4. The van der Waals surface area contributed by atoms with Crippen LogP contribution in [0.5, 0.6) is 0 Å². The summed E-state index contributed by atoms with van der Waals surface area (Å²) in [5.74, 6) is 0.603. The highest BCUT2D eigenvalue weighted by atomic mass is 32.1. The molecule has 1 N–H and O–H groups in total. The Balaban J connectivity index is 2.31. The van der Waals surface area contributed by atoms with E-state index < -0.39 is 0 Å². The molecule has 14 heavy (non-hydrogen) atoms. The van der Waals surface area contributed by atoms with Gasteiger partial charge < -0.3 is 9.67 Å². The molecule has 1 unspecified atom stereocenters. The minimum Gasteiger partial charge on any atom is -0.388 e. The fraction of sp³-hybridized carbons (Fsp3) is 0.333. The molecule has 0 spiro atoms. The third-order valence-electron chi connectivity index (χ3n) is 2.16. The van der Waals surface area contributed by atoms with Crippen LogP contribution in [0.1, 0.15) is 23.7 Å². The lowest BCUT2D eigenvalue weighted by atomic mass is 10.2. The van der Waals surface area contributed by atoms with Gasteiger partial charge in [0.25, 0.3) is 0 Å². The van der Waals surface area contributed by atoms with Crippen LogP contribution in [0.2, 0.25) is 0 Å². The quantitative estimate of drug-likeness (QED) is 0.832. The number of aliphatic hydroxyl groups is 1. The second kappa shape index (κ2) is 3.89. The standard InChI is InChI=1S/C9H11N3OS/c1-7(8-3-2-4-14-8)12-6-10-11-9(12)5-13/h2-4,6-7,13H,5H2,1H3. The van der Waals surface area contributed by atoms with E-state index in [2.05, 4.69) is 23.2 Å². The van der Waals surface area contributed by atoms with Crippen molar-refractivity contribution in [2.45, 2.75) is 19.6 Å². The van der Waals surface area contributed by atoms with Crippen LogP contribution in [0.25, 0.3) is 0 Å². The van der Waals surface area contributed by atoms with Crippen LogP contribution < -0.4 is 0 Å². The first-order chi connectivity index (χ1) is 6.83. The topological polar surface area (TPSA) is 50.9 Å². The second-order valence-corrected chi connectivity index (χ2v) is 3.98. The van der Waals surface area contributed by atoms with Crippen molar-refractivity contribution in [3.8, 4) is 0 Å². The molecule has 0 aliphatic rings. The number of nitrogens with zero attached hydrogens (tertiary/aromatic N) is 3. The number of aromatic nitrogens is 3. The molecule has 0 saturated carbocycles.